The summed E-state index contributed by atoms with van der Waals surface area (Å²) in [6, 6.07) is 12.6. The molecule has 0 saturated heterocycles. The second-order valence-corrected chi connectivity index (χ2v) is 7.46. The monoisotopic (exact) mass is 377 g/mol. The van der Waals surface area contributed by atoms with Crippen LogP contribution >= 0.6 is 0 Å². The van der Waals surface area contributed by atoms with Crippen LogP contribution in [0.1, 0.15) is 29.9 Å². The van der Waals surface area contributed by atoms with E-state index in [1.165, 1.54) is 24.3 Å². The summed E-state index contributed by atoms with van der Waals surface area (Å²) in [4.78, 5) is 0. The van der Waals surface area contributed by atoms with Crippen molar-refractivity contribution >= 4 is 0 Å². The zero-order valence-corrected chi connectivity index (χ0v) is 16.0. The molecule has 0 amide bonds. The third-order valence-electron chi connectivity index (χ3n) is 4.70. The summed E-state index contributed by atoms with van der Waals surface area (Å²) >= 11 is 0. The van der Waals surface area contributed by atoms with Gasteiger partial charge in [0.15, 0.2) is 0 Å². The fraction of sp³-hybridized carbons (Fsp3) is 0.364. The first kappa shape index (κ1) is 23.0. The van der Waals surface area contributed by atoms with E-state index in [9.17, 15) is 13.9 Å². The third kappa shape index (κ3) is 7.21. The fourth-order valence-electron chi connectivity index (χ4n) is 3.30. The topological polar surface area (TPSA) is 50.2 Å². The van der Waals surface area contributed by atoms with Gasteiger partial charge in [-0.15, -0.1) is 6.58 Å². The third-order valence-corrected chi connectivity index (χ3v) is 4.70. The van der Waals surface area contributed by atoms with Gasteiger partial charge in [-0.1, -0.05) is 30.3 Å². The first-order chi connectivity index (χ1) is 12.3. The molecule has 2 rings (SSSR count). The summed E-state index contributed by atoms with van der Waals surface area (Å²) < 4.78 is 27.3. The molecule has 2 aromatic carbocycles. The Morgan fingerprint density at radius 2 is 1.41 bits per heavy atom. The number of aliphatic hydroxyl groups excluding tert-OH is 1. The molecule has 1 unspecified atom stereocenters. The molecule has 0 aliphatic heterocycles. The van der Waals surface area contributed by atoms with Gasteiger partial charge in [-0.25, -0.2) is 8.78 Å². The van der Waals surface area contributed by atoms with Crippen LogP contribution in [0.3, 0.4) is 0 Å². The number of likely N-dealkylation sites (N-methyl/N-ethyl adjacent to an activating group) is 1. The van der Waals surface area contributed by atoms with Crippen molar-refractivity contribution in [3.8, 4) is 0 Å². The maximum absolute atomic E-state index is 13.3. The Balaban J connectivity index is 0.00000364. The highest BCUT2D eigenvalue weighted by molar-refractivity contribution is 5.33. The number of quaternary nitrogens is 1. The second-order valence-electron chi connectivity index (χ2n) is 7.46. The minimum atomic E-state index is -0.532. The SMILES string of the molecule is C=CCC[N+](C)(C)CC(O)CC(c1ccc(F)cc1)c1ccc(F)cc1.[OH-]. The first-order valence-corrected chi connectivity index (χ1v) is 8.92. The maximum Gasteiger partial charge on any atom is 0.123 e. The standard InChI is InChI=1S/C22H28F2NO.H2O/c1-4-5-14-25(2,3)16-21(26)15-22(17-6-10-19(23)11-7-17)18-8-12-20(24)13-9-18;/h4,6-13,21-22,26H,1,5,14-16H2,2-3H3;1H2/q+1;/p-1. The minimum Gasteiger partial charge on any atom is -0.870 e. The van der Waals surface area contributed by atoms with Gasteiger partial charge in [0, 0.05) is 12.3 Å². The molecule has 2 N–H and O–H groups in total. The number of hydrogen-bond donors (Lipinski definition) is 1. The summed E-state index contributed by atoms with van der Waals surface area (Å²) in [5.74, 6) is -0.714. The van der Waals surface area contributed by atoms with Crippen molar-refractivity contribution in [1.82, 2.24) is 0 Å². The van der Waals surface area contributed by atoms with Crippen molar-refractivity contribution in [3.05, 3.63) is 83.9 Å². The van der Waals surface area contributed by atoms with Gasteiger partial charge < -0.3 is 15.1 Å². The molecular formula is C22H29F2NO2. The predicted molar refractivity (Wildman–Crippen MR) is 104 cm³/mol. The van der Waals surface area contributed by atoms with Crippen LogP contribution < -0.4 is 0 Å². The summed E-state index contributed by atoms with van der Waals surface area (Å²) in [6.07, 6.45) is 2.73. The first-order valence-electron chi connectivity index (χ1n) is 8.92. The molecule has 148 valence electrons. The number of aliphatic hydroxyl groups is 1. The highest BCUT2D eigenvalue weighted by atomic mass is 19.1. The summed E-state index contributed by atoms with van der Waals surface area (Å²) in [5, 5.41) is 10.7. The molecule has 3 nitrogen and oxygen atoms in total. The Bertz CT molecular complexity index is 654. The van der Waals surface area contributed by atoms with Crippen LogP contribution in [0, 0.1) is 11.6 Å². The van der Waals surface area contributed by atoms with Gasteiger partial charge >= 0.3 is 0 Å². The van der Waals surface area contributed by atoms with E-state index >= 15 is 0 Å². The van der Waals surface area contributed by atoms with E-state index in [2.05, 4.69) is 20.7 Å². The van der Waals surface area contributed by atoms with Gasteiger partial charge in [0.1, 0.15) is 24.3 Å². The van der Waals surface area contributed by atoms with E-state index in [1.54, 1.807) is 24.3 Å². The molecule has 5 heteroatoms. The van der Waals surface area contributed by atoms with Crippen LogP contribution in [0.25, 0.3) is 0 Å². The number of benzene rings is 2. The second kappa shape index (κ2) is 10.3. The molecular weight excluding hydrogens is 348 g/mol. The Morgan fingerprint density at radius 1 is 0.963 bits per heavy atom. The minimum absolute atomic E-state index is 0. The van der Waals surface area contributed by atoms with Crippen molar-refractivity contribution < 1.29 is 23.8 Å². The van der Waals surface area contributed by atoms with Crippen LogP contribution in [0.2, 0.25) is 0 Å². The molecule has 0 aliphatic carbocycles. The zero-order chi connectivity index (χ0) is 19.2. The number of nitrogens with zero attached hydrogens (tertiary/aromatic N) is 1. The van der Waals surface area contributed by atoms with Crippen molar-refractivity contribution in [1.29, 1.82) is 0 Å². The molecule has 27 heavy (non-hydrogen) atoms. The van der Waals surface area contributed by atoms with E-state index in [1.807, 2.05) is 6.08 Å². The molecule has 0 saturated carbocycles. The van der Waals surface area contributed by atoms with Crippen LogP contribution in [-0.2, 0) is 0 Å². The highest BCUT2D eigenvalue weighted by Crippen LogP contribution is 2.30. The predicted octanol–water partition coefficient (Wildman–Crippen LogP) is 4.32. The lowest BCUT2D eigenvalue weighted by Crippen LogP contribution is -2.46. The van der Waals surface area contributed by atoms with Crippen LogP contribution in [0.15, 0.2) is 61.2 Å². The highest BCUT2D eigenvalue weighted by Gasteiger charge is 2.25. The fourth-order valence-corrected chi connectivity index (χ4v) is 3.30. The lowest BCUT2D eigenvalue weighted by molar-refractivity contribution is -0.893. The molecule has 0 heterocycles. The normalized spacial score (nSPS) is 12.5. The van der Waals surface area contributed by atoms with Crippen molar-refractivity contribution in [2.24, 2.45) is 0 Å². The number of hydrogen-bond acceptors (Lipinski definition) is 2. The molecule has 0 bridgehead atoms. The van der Waals surface area contributed by atoms with Crippen LogP contribution in [0.5, 0.6) is 0 Å². The maximum atomic E-state index is 13.3. The van der Waals surface area contributed by atoms with Crippen molar-refractivity contribution in [3.63, 3.8) is 0 Å². The molecule has 2 aromatic rings. The summed E-state index contributed by atoms with van der Waals surface area (Å²) in [5.41, 5.74) is 1.82. The zero-order valence-electron chi connectivity index (χ0n) is 16.0. The van der Waals surface area contributed by atoms with E-state index in [0.29, 0.717) is 17.4 Å². The van der Waals surface area contributed by atoms with E-state index in [-0.39, 0.29) is 23.0 Å². The van der Waals surface area contributed by atoms with Crippen LogP contribution in [0.4, 0.5) is 8.78 Å². The van der Waals surface area contributed by atoms with Gasteiger partial charge in [0.2, 0.25) is 0 Å². The van der Waals surface area contributed by atoms with E-state index in [4.69, 9.17) is 0 Å². The molecule has 0 fully saturated rings. The van der Waals surface area contributed by atoms with Gasteiger partial charge in [0.25, 0.3) is 0 Å². The Hall–Kier alpha value is -2.08. The molecule has 0 spiro atoms. The smallest absolute Gasteiger partial charge is 0.123 e. The number of halogens is 2. The van der Waals surface area contributed by atoms with Gasteiger partial charge in [-0.2, -0.15) is 0 Å². The summed E-state index contributed by atoms with van der Waals surface area (Å²) in [6.45, 7) is 5.26. The number of rotatable bonds is 9. The Labute approximate surface area is 160 Å². The van der Waals surface area contributed by atoms with Crippen LogP contribution in [-0.4, -0.2) is 48.4 Å². The average molecular weight is 377 g/mol. The Morgan fingerprint density at radius 3 is 1.81 bits per heavy atom. The van der Waals surface area contributed by atoms with Crippen molar-refractivity contribution in [2.75, 3.05) is 27.2 Å². The van der Waals surface area contributed by atoms with E-state index < -0.39 is 6.10 Å². The molecule has 0 radical (unpaired) electrons. The lowest BCUT2D eigenvalue weighted by Gasteiger charge is -2.32. The Kier molecular flexibility index (Phi) is 8.76. The van der Waals surface area contributed by atoms with Crippen molar-refractivity contribution in [2.45, 2.75) is 24.9 Å². The van der Waals surface area contributed by atoms with Gasteiger partial charge in [-0.05, 0) is 41.8 Å². The largest absolute Gasteiger partial charge is 0.870 e. The molecule has 0 aliphatic rings. The van der Waals surface area contributed by atoms with E-state index in [0.717, 1.165) is 24.1 Å². The van der Waals surface area contributed by atoms with Gasteiger partial charge in [0.05, 0.1) is 20.6 Å². The molecule has 1 atom stereocenters. The summed E-state index contributed by atoms with van der Waals surface area (Å²) in [7, 11) is 4.16. The lowest BCUT2D eigenvalue weighted by atomic mass is 9.86. The molecule has 0 aromatic heterocycles. The average Bonchev–Trinajstić information content (AvgIpc) is 2.59. The van der Waals surface area contributed by atoms with Gasteiger partial charge in [-0.3, -0.25) is 0 Å². The quantitative estimate of drug-likeness (QED) is 0.522.